The van der Waals surface area contributed by atoms with E-state index in [1.807, 2.05) is 30.3 Å². The number of anilines is 3. The van der Waals surface area contributed by atoms with Crippen molar-refractivity contribution in [2.75, 3.05) is 49.6 Å². The van der Waals surface area contributed by atoms with Crippen LogP contribution in [-0.2, 0) is 4.74 Å². The first-order chi connectivity index (χ1) is 14.2. The maximum Gasteiger partial charge on any atom is 0.247 e. The van der Waals surface area contributed by atoms with E-state index < -0.39 is 0 Å². The zero-order chi connectivity index (χ0) is 19.6. The molecule has 150 valence electrons. The van der Waals surface area contributed by atoms with Crippen LogP contribution >= 0.6 is 11.6 Å². The van der Waals surface area contributed by atoms with Gasteiger partial charge in [0.2, 0.25) is 5.95 Å². The highest BCUT2D eigenvalue weighted by atomic mass is 35.5. The first-order valence-electron chi connectivity index (χ1n) is 9.72. The molecule has 0 radical (unpaired) electrons. The van der Waals surface area contributed by atoms with Gasteiger partial charge in [-0.05, 0) is 30.3 Å². The van der Waals surface area contributed by atoms with Crippen molar-refractivity contribution in [3.63, 3.8) is 0 Å². The third-order valence-corrected chi connectivity index (χ3v) is 5.52. The quantitative estimate of drug-likeness (QED) is 0.691. The molecular formula is C20H22ClN7O. The average Bonchev–Trinajstić information content (AvgIpc) is 3.16. The molecule has 0 aliphatic carbocycles. The monoisotopic (exact) mass is 411 g/mol. The first kappa shape index (κ1) is 18.4. The molecular weight excluding hydrogens is 390 g/mol. The van der Waals surface area contributed by atoms with Crippen LogP contribution in [0, 0.1) is 0 Å². The highest BCUT2D eigenvalue weighted by Crippen LogP contribution is 2.31. The Kier molecular flexibility index (Phi) is 5.05. The number of nitrogens with one attached hydrogen (secondary N) is 1. The SMILES string of the molecule is Clc1cc(Nc2ncn(-c3ccccn3)n2)cc(N2CC(N3CCOCC3)C2)c1. The second kappa shape index (κ2) is 7.98. The summed E-state index contributed by atoms with van der Waals surface area (Å²) in [4.78, 5) is 13.5. The molecule has 2 saturated heterocycles. The van der Waals surface area contributed by atoms with Gasteiger partial charge >= 0.3 is 0 Å². The van der Waals surface area contributed by atoms with E-state index >= 15 is 0 Å². The summed E-state index contributed by atoms with van der Waals surface area (Å²) in [6.07, 6.45) is 3.36. The third-order valence-electron chi connectivity index (χ3n) is 5.30. The molecule has 0 atom stereocenters. The van der Waals surface area contributed by atoms with Crippen LogP contribution in [0.15, 0.2) is 48.9 Å². The predicted octanol–water partition coefficient (Wildman–Crippen LogP) is 2.58. The van der Waals surface area contributed by atoms with E-state index in [2.05, 4.69) is 36.2 Å². The summed E-state index contributed by atoms with van der Waals surface area (Å²) in [7, 11) is 0. The van der Waals surface area contributed by atoms with Crippen LogP contribution in [0.5, 0.6) is 0 Å². The van der Waals surface area contributed by atoms with Gasteiger partial charge in [-0.25, -0.2) is 9.67 Å². The van der Waals surface area contributed by atoms with Crippen molar-refractivity contribution < 1.29 is 4.74 Å². The van der Waals surface area contributed by atoms with Gasteiger partial charge in [-0.2, -0.15) is 4.98 Å². The number of aromatic nitrogens is 4. The number of nitrogens with zero attached hydrogens (tertiary/aromatic N) is 6. The second-order valence-corrected chi connectivity index (χ2v) is 7.67. The van der Waals surface area contributed by atoms with Crippen molar-refractivity contribution in [3.05, 3.63) is 53.9 Å². The Hall–Kier alpha value is -2.68. The Morgan fingerprint density at radius 1 is 1.07 bits per heavy atom. The van der Waals surface area contributed by atoms with Crippen LogP contribution in [0.3, 0.4) is 0 Å². The fourth-order valence-corrected chi connectivity index (χ4v) is 3.95. The van der Waals surface area contributed by atoms with Gasteiger partial charge in [-0.15, -0.1) is 5.10 Å². The number of rotatable bonds is 5. The maximum absolute atomic E-state index is 6.38. The molecule has 0 unspecified atom stereocenters. The Bertz CT molecular complexity index is 968. The molecule has 5 rings (SSSR count). The van der Waals surface area contributed by atoms with Crippen molar-refractivity contribution >= 4 is 28.9 Å². The lowest BCUT2D eigenvalue weighted by Gasteiger charge is -2.47. The van der Waals surface area contributed by atoms with Crippen LogP contribution in [0.1, 0.15) is 0 Å². The first-order valence-corrected chi connectivity index (χ1v) is 10.1. The predicted molar refractivity (Wildman–Crippen MR) is 112 cm³/mol. The Balaban J connectivity index is 1.26. The van der Waals surface area contributed by atoms with E-state index in [-0.39, 0.29) is 0 Å². The Morgan fingerprint density at radius 3 is 2.72 bits per heavy atom. The number of hydrogen-bond acceptors (Lipinski definition) is 7. The van der Waals surface area contributed by atoms with Crippen LogP contribution < -0.4 is 10.2 Å². The van der Waals surface area contributed by atoms with E-state index in [0.29, 0.717) is 17.0 Å². The number of ether oxygens (including phenoxy) is 1. The molecule has 1 aromatic carbocycles. The minimum Gasteiger partial charge on any atom is -0.379 e. The molecule has 3 aromatic rings. The number of morpholine rings is 1. The molecule has 2 fully saturated rings. The summed E-state index contributed by atoms with van der Waals surface area (Å²) in [5, 5.41) is 8.37. The molecule has 0 saturated carbocycles. The van der Waals surface area contributed by atoms with Crippen LogP contribution in [-0.4, -0.2) is 70.1 Å². The molecule has 1 N–H and O–H groups in total. The average molecular weight is 412 g/mol. The van der Waals surface area contributed by atoms with E-state index in [1.165, 1.54) is 0 Å². The largest absolute Gasteiger partial charge is 0.379 e. The van der Waals surface area contributed by atoms with Gasteiger partial charge < -0.3 is 15.0 Å². The molecule has 2 aromatic heterocycles. The minimum atomic E-state index is 0.499. The maximum atomic E-state index is 6.38. The molecule has 0 amide bonds. The molecule has 0 bridgehead atoms. The van der Waals surface area contributed by atoms with Gasteiger partial charge in [0.25, 0.3) is 0 Å². The topological polar surface area (TPSA) is 71.3 Å². The molecule has 2 aliphatic heterocycles. The van der Waals surface area contributed by atoms with Gasteiger partial charge in [0.05, 0.1) is 13.2 Å². The summed E-state index contributed by atoms with van der Waals surface area (Å²) in [5.74, 6) is 1.22. The Morgan fingerprint density at radius 2 is 1.93 bits per heavy atom. The van der Waals surface area contributed by atoms with Crippen LogP contribution in [0.25, 0.3) is 5.82 Å². The zero-order valence-corrected chi connectivity index (χ0v) is 16.7. The lowest BCUT2D eigenvalue weighted by molar-refractivity contribution is 0.0105. The molecule has 2 aliphatic rings. The van der Waals surface area contributed by atoms with Crippen molar-refractivity contribution in [1.29, 1.82) is 0 Å². The van der Waals surface area contributed by atoms with E-state index in [9.17, 15) is 0 Å². The van der Waals surface area contributed by atoms with Crippen LogP contribution in [0.4, 0.5) is 17.3 Å². The molecule has 4 heterocycles. The normalized spacial score (nSPS) is 17.9. The summed E-state index contributed by atoms with van der Waals surface area (Å²) >= 11 is 6.38. The third kappa shape index (κ3) is 4.05. The standard InChI is InChI=1S/C20H22ClN7O/c21-15-9-16(24-20-23-14-28(25-20)19-3-1-2-4-22-19)11-17(10-15)27-12-18(13-27)26-5-7-29-8-6-26/h1-4,9-11,14,18H,5-8,12-13H2,(H,24,25). The van der Waals surface area contributed by atoms with Gasteiger partial charge in [-0.1, -0.05) is 17.7 Å². The number of hydrogen-bond donors (Lipinski definition) is 1. The number of halogens is 1. The summed E-state index contributed by atoms with van der Waals surface area (Å²) in [6.45, 7) is 5.72. The van der Waals surface area contributed by atoms with Crippen molar-refractivity contribution in [2.24, 2.45) is 0 Å². The van der Waals surface area contributed by atoms with E-state index in [4.69, 9.17) is 16.3 Å². The molecule has 0 spiro atoms. The second-order valence-electron chi connectivity index (χ2n) is 7.23. The smallest absolute Gasteiger partial charge is 0.247 e. The zero-order valence-electron chi connectivity index (χ0n) is 15.9. The lowest BCUT2D eigenvalue weighted by atomic mass is 10.0. The van der Waals surface area contributed by atoms with E-state index in [0.717, 1.165) is 56.6 Å². The fraction of sp³-hybridized carbons (Fsp3) is 0.350. The van der Waals surface area contributed by atoms with Crippen molar-refractivity contribution in [3.8, 4) is 5.82 Å². The summed E-state index contributed by atoms with van der Waals surface area (Å²) < 4.78 is 7.08. The number of pyridine rings is 1. The molecule has 8 nitrogen and oxygen atoms in total. The Labute approximate surface area is 174 Å². The molecule has 9 heteroatoms. The summed E-state index contributed by atoms with van der Waals surface area (Å²) in [5.41, 5.74) is 1.97. The van der Waals surface area contributed by atoms with E-state index in [1.54, 1.807) is 17.2 Å². The number of benzene rings is 1. The highest BCUT2D eigenvalue weighted by Gasteiger charge is 2.32. The minimum absolute atomic E-state index is 0.499. The molecule has 29 heavy (non-hydrogen) atoms. The van der Waals surface area contributed by atoms with Gasteiger partial charge in [0.1, 0.15) is 6.33 Å². The van der Waals surface area contributed by atoms with Crippen molar-refractivity contribution in [1.82, 2.24) is 24.6 Å². The fourth-order valence-electron chi connectivity index (χ4n) is 3.72. The van der Waals surface area contributed by atoms with Gasteiger partial charge in [-0.3, -0.25) is 4.90 Å². The van der Waals surface area contributed by atoms with Crippen molar-refractivity contribution in [2.45, 2.75) is 6.04 Å². The van der Waals surface area contributed by atoms with Gasteiger partial charge in [0.15, 0.2) is 5.82 Å². The van der Waals surface area contributed by atoms with Crippen LogP contribution in [0.2, 0.25) is 5.02 Å². The van der Waals surface area contributed by atoms with Gasteiger partial charge in [0, 0.05) is 54.8 Å². The lowest BCUT2D eigenvalue weighted by Crippen LogP contribution is -2.61. The highest BCUT2D eigenvalue weighted by molar-refractivity contribution is 6.31. The summed E-state index contributed by atoms with van der Waals surface area (Å²) in [6, 6.07) is 12.2.